The third kappa shape index (κ3) is 4.20. The van der Waals surface area contributed by atoms with Gasteiger partial charge < -0.3 is 15.2 Å². The molecule has 4 heteroatoms. The van der Waals surface area contributed by atoms with E-state index in [0.29, 0.717) is 17.9 Å². The second-order valence-electron chi connectivity index (χ2n) is 5.05. The number of hydrogen-bond acceptors (Lipinski definition) is 3. The predicted molar refractivity (Wildman–Crippen MR) is 81.1 cm³/mol. The Balaban J connectivity index is 2.21. The van der Waals surface area contributed by atoms with Gasteiger partial charge in [0, 0.05) is 6.04 Å². The first-order valence-electron chi connectivity index (χ1n) is 6.89. The Bertz CT molecular complexity index is 599. The normalized spacial score (nSPS) is 12.0. The Kier molecular flexibility index (Phi) is 5.17. The number of halogens is 1. The van der Waals surface area contributed by atoms with E-state index in [1.807, 2.05) is 31.2 Å². The monoisotopic (exact) mass is 289 g/mol. The van der Waals surface area contributed by atoms with Crippen molar-refractivity contribution in [2.24, 2.45) is 5.73 Å². The molecule has 0 aromatic heterocycles. The zero-order valence-electron chi connectivity index (χ0n) is 12.3. The number of methoxy groups -OCH3 is 1. The molecule has 0 saturated carbocycles. The molecule has 0 heterocycles. The number of para-hydroxylation sites is 1. The van der Waals surface area contributed by atoms with Crippen LogP contribution in [0.5, 0.6) is 11.5 Å². The van der Waals surface area contributed by atoms with Crippen LogP contribution in [0, 0.1) is 5.82 Å². The van der Waals surface area contributed by atoms with E-state index in [-0.39, 0.29) is 18.5 Å². The molecule has 21 heavy (non-hydrogen) atoms. The lowest BCUT2D eigenvalue weighted by Gasteiger charge is -2.16. The van der Waals surface area contributed by atoms with Gasteiger partial charge in [-0.2, -0.15) is 0 Å². The largest absolute Gasteiger partial charge is 0.493 e. The van der Waals surface area contributed by atoms with Crippen molar-refractivity contribution < 1.29 is 13.9 Å². The molecule has 112 valence electrons. The lowest BCUT2D eigenvalue weighted by molar-refractivity contribution is 0.280. The highest BCUT2D eigenvalue weighted by atomic mass is 19.1. The smallest absolute Gasteiger partial charge is 0.164 e. The lowest BCUT2D eigenvalue weighted by Crippen LogP contribution is -2.18. The summed E-state index contributed by atoms with van der Waals surface area (Å²) in [6, 6.07) is 12.1. The first kappa shape index (κ1) is 15.3. The molecule has 0 aliphatic carbocycles. The molecular formula is C17H20FNO2. The van der Waals surface area contributed by atoms with Gasteiger partial charge in [-0.1, -0.05) is 24.3 Å². The highest BCUT2D eigenvalue weighted by Gasteiger charge is 2.12. The highest BCUT2D eigenvalue weighted by molar-refractivity contribution is 5.47. The molecule has 0 bridgehead atoms. The zero-order valence-corrected chi connectivity index (χ0v) is 12.3. The quantitative estimate of drug-likeness (QED) is 0.887. The minimum atomic E-state index is -0.271. The van der Waals surface area contributed by atoms with Crippen LogP contribution >= 0.6 is 0 Å². The molecule has 0 aliphatic rings. The number of benzene rings is 2. The summed E-state index contributed by atoms with van der Waals surface area (Å²) in [7, 11) is 1.60. The molecule has 2 aromatic carbocycles. The van der Waals surface area contributed by atoms with Gasteiger partial charge in [0.2, 0.25) is 0 Å². The molecular weight excluding hydrogens is 269 g/mol. The molecule has 0 aliphatic heterocycles. The zero-order chi connectivity index (χ0) is 15.2. The molecule has 1 unspecified atom stereocenters. The summed E-state index contributed by atoms with van der Waals surface area (Å²) in [5.41, 5.74) is 7.62. The van der Waals surface area contributed by atoms with Crippen molar-refractivity contribution >= 4 is 0 Å². The molecule has 0 fully saturated rings. The van der Waals surface area contributed by atoms with E-state index in [4.69, 9.17) is 15.2 Å². The van der Waals surface area contributed by atoms with Crippen molar-refractivity contribution in [3.63, 3.8) is 0 Å². The van der Waals surface area contributed by atoms with Gasteiger partial charge in [-0.05, 0) is 42.7 Å². The van der Waals surface area contributed by atoms with E-state index in [0.717, 1.165) is 11.1 Å². The summed E-state index contributed by atoms with van der Waals surface area (Å²) < 4.78 is 24.4. The molecule has 3 nitrogen and oxygen atoms in total. The molecule has 0 radical (unpaired) electrons. The van der Waals surface area contributed by atoms with Crippen LogP contribution in [0.1, 0.15) is 18.1 Å². The highest BCUT2D eigenvalue weighted by Crippen LogP contribution is 2.32. The van der Waals surface area contributed by atoms with Crippen molar-refractivity contribution in [3.05, 3.63) is 59.4 Å². The van der Waals surface area contributed by atoms with Gasteiger partial charge in [0.05, 0.1) is 7.11 Å². The summed E-state index contributed by atoms with van der Waals surface area (Å²) >= 11 is 0. The summed E-state index contributed by atoms with van der Waals surface area (Å²) in [6.07, 6.45) is 0.690. The van der Waals surface area contributed by atoms with Crippen LogP contribution in [0.4, 0.5) is 4.39 Å². The molecule has 1 atom stereocenters. The Morgan fingerprint density at radius 1 is 1.19 bits per heavy atom. The average molecular weight is 289 g/mol. The number of ether oxygens (including phenoxy) is 2. The first-order valence-corrected chi connectivity index (χ1v) is 6.89. The molecule has 0 spiro atoms. The topological polar surface area (TPSA) is 44.5 Å². The summed E-state index contributed by atoms with van der Waals surface area (Å²) in [4.78, 5) is 0. The van der Waals surface area contributed by atoms with Gasteiger partial charge in [0.1, 0.15) is 12.4 Å². The van der Waals surface area contributed by atoms with Gasteiger partial charge in [-0.15, -0.1) is 0 Å². The summed E-state index contributed by atoms with van der Waals surface area (Å²) in [5.74, 6) is 1.05. The Labute approximate surface area is 124 Å². The average Bonchev–Trinajstić information content (AvgIpc) is 2.45. The van der Waals surface area contributed by atoms with Crippen molar-refractivity contribution in [2.45, 2.75) is 26.0 Å². The second-order valence-corrected chi connectivity index (χ2v) is 5.05. The van der Waals surface area contributed by atoms with E-state index < -0.39 is 0 Å². The molecule has 0 saturated heterocycles. The van der Waals surface area contributed by atoms with Crippen LogP contribution in [0.25, 0.3) is 0 Å². The van der Waals surface area contributed by atoms with Gasteiger partial charge in [0.25, 0.3) is 0 Å². The van der Waals surface area contributed by atoms with E-state index in [1.165, 1.54) is 12.1 Å². The van der Waals surface area contributed by atoms with Gasteiger partial charge in [-0.3, -0.25) is 0 Å². The predicted octanol–water partition coefficient (Wildman–Crippen LogP) is 3.30. The van der Waals surface area contributed by atoms with Crippen molar-refractivity contribution in [2.75, 3.05) is 7.11 Å². The number of nitrogens with two attached hydrogens (primary N) is 1. The standard InChI is InChI=1S/C17H20FNO2/c1-12(19)9-14-6-4-8-16(20-2)17(14)21-11-13-5-3-7-15(18)10-13/h3-8,10,12H,9,11,19H2,1-2H3. The van der Waals surface area contributed by atoms with E-state index in [1.54, 1.807) is 13.2 Å². The van der Waals surface area contributed by atoms with Crippen LogP contribution in [-0.2, 0) is 13.0 Å². The first-order chi connectivity index (χ1) is 10.1. The van der Waals surface area contributed by atoms with E-state index in [2.05, 4.69) is 0 Å². The fraction of sp³-hybridized carbons (Fsp3) is 0.294. The Morgan fingerprint density at radius 3 is 2.62 bits per heavy atom. The fourth-order valence-corrected chi connectivity index (χ4v) is 2.18. The van der Waals surface area contributed by atoms with Crippen molar-refractivity contribution in [1.29, 1.82) is 0 Å². The minimum Gasteiger partial charge on any atom is -0.493 e. The fourth-order valence-electron chi connectivity index (χ4n) is 2.18. The van der Waals surface area contributed by atoms with Crippen molar-refractivity contribution in [1.82, 2.24) is 0 Å². The van der Waals surface area contributed by atoms with Crippen LogP contribution < -0.4 is 15.2 Å². The maximum absolute atomic E-state index is 13.2. The Morgan fingerprint density at radius 2 is 1.95 bits per heavy atom. The van der Waals surface area contributed by atoms with Gasteiger partial charge >= 0.3 is 0 Å². The third-order valence-corrected chi connectivity index (χ3v) is 3.09. The summed E-state index contributed by atoms with van der Waals surface area (Å²) in [6.45, 7) is 2.22. The Hall–Kier alpha value is -2.07. The van der Waals surface area contributed by atoms with E-state index in [9.17, 15) is 4.39 Å². The number of hydrogen-bond donors (Lipinski definition) is 1. The maximum Gasteiger partial charge on any atom is 0.164 e. The minimum absolute atomic E-state index is 0.0219. The SMILES string of the molecule is COc1cccc(CC(C)N)c1OCc1cccc(F)c1. The van der Waals surface area contributed by atoms with Gasteiger partial charge in [0.15, 0.2) is 11.5 Å². The van der Waals surface area contributed by atoms with Crippen LogP contribution in [0.3, 0.4) is 0 Å². The molecule has 2 N–H and O–H groups in total. The third-order valence-electron chi connectivity index (χ3n) is 3.09. The number of rotatable bonds is 6. The molecule has 0 amide bonds. The summed E-state index contributed by atoms with van der Waals surface area (Å²) in [5, 5.41) is 0. The van der Waals surface area contributed by atoms with Crippen LogP contribution in [0.15, 0.2) is 42.5 Å². The van der Waals surface area contributed by atoms with Crippen LogP contribution in [0.2, 0.25) is 0 Å². The second kappa shape index (κ2) is 7.09. The lowest BCUT2D eigenvalue weighted by atomic mass is 10.1. The molecule has 2 aromatic rings. The van der Waals surface area contributed by atoms with Crippen LogP contribution in [-0.4, -0.2) is 13.2 Å². The molecule has 2 rings (SSSR count). The van der Waals surface area contributed by atoms with E-state index >= 15 is 0 Å². The van der Waals surface area contributed by atoms with Gasteiger partial charge in [-0.25, -0.2) is 4.39 Å². The van der Waals surface area contributed by atoms with Crippen molar-refractivity contribution in [3.8, 4) is 11.5 Å². The maximum atomic E-state index is 13.2.